The van der Waals surface area contributed by atoms with Gasteiger partial charge in [0.2, 0.25) is 0 Å². The summed E-state index contributed by atoms with van der Waals surface area (Å²) in [6.45, 7) is 59.7. The molecular weight excluding hydrogens is 1310 g/mol. The van der Waals surface area contributed by atoms with E-state index in [1.165, 1.54) is 156 Å². The highest BCUT2D eigenvalue weighted by Gasteiger charge is 2.53. The number of rotatable bonds is 3. The summed E-state index contributed by atoms with van der Waals surface area (Å²) >= 11 is 0. The lowest BCUT2D eigenvalue weighted by Gasteiger charge is -2.35. The van der Waals surface area contributed by atoms with E-state index in [4.69, 9.17) is 0 Å². The predicted octanol–water partition coefficient (Wildman–Crippen LogP) is 29.8. The smallest absolute Gasteiger partial charge is 0.0622 e. The summed E-state index contributed by atoms with van der Waals surface area (Å²) in [6, 6.07) is 101. The number of benzene rings is 12. The predicted molar refractivity (Wildman–Crippen MR) is 472 cm³/mol. The van der Waals surface area contributed by atoms with Crippen LogP contribution in [0.15, 0.2) is 267 Å². The summed E-state index contributed by atoms with van der Waals surface area (Å²) in [5, 5.41) is 0. The molecule has 1 spiro atoms. The SMILES string of the molecule is CC(C)(C)c1ccc(-c2ccc(C(C)(C)C)cc2)cc1.CC(C)(C)c1ccc2c(c1)C(C)(C)c1cc(C(C)(C)C)ccc1-2.CC(C)(C)c1ccc2c(c1)C(c1ccccc1)(c1ccccc1)c1cc(C(C)(C)C)ccc1-2.CC(C)(C)c1ccc2c(c1)C1(c3ccccc3-c3ccccc31)c1cc(C(C)(C)C)ccc1-2. The number of fused-ring (bicyclic) bond motifs is 16. The molecule has 12 aromatic carbocycles. The zero-order chi connectivity index (χ0) is 78.8. The molecule has 16 rings (SSSR count). The van der Waals surface area contributed by atoms with Crippen molar-refractivity contribution in [1.82, 2.24) is 0 Å². The molecule has 12 aromatic rings. The highest BCUT2D eigenvalue weighted by Crippen LogP contribution is 2.64. The van der Waals surface area contributed by atoms with E-state index in [-0.39, 0.29) is 59.6 Å². The molecule has 4 aliphatic carbocycles. The van der Waals surface area contributed by atoms with E-state index in [1.54, 1.807) is 0 Å². The van der Waals surface area contributed by atoms with E-state index in [0.717, 1.165) is 0 Å². The van der Waals surface area contributed by atoms with Gasteiger partial charge < -0.3 is 0 Å². The van der Waals surface area contributed by atoms with E-state index in [9.17, 15) is 0 Å². The molecule has 0 heterocycles. The molecule has 4 aliphatic rings. The third-order valence-electron chi connectivity index (χ3n) is 24.3. The quantitative estimate of drug-likeness (QED) is 0.165. The van der Waals surface area contributed by atoms with Gasteiger partial charge in [-0.25, -0.2) is 0 Å². The molecule has 0 fully saturated rings. The maximum atomic E-state index is 2.50. The summed E-state index contributed by atoms with van der Waals surface area (Å²) in [5.74, 6) is 0. The Hall–Kier alpha value is -9.36. The third kappa shape index (κ3) is 14.2. The van der Waals surface area contributed by atoms with Gasteiger partial charge in [-0.1, -0.05) is 447 Å². The Morgan fingerprint density at radius 1 is 0.165 bits per heavy atom. The van der Waals surface area contributed by atoms with Crippen molar-refractivity contribution in [2.75, 3.05) is 0 Å². The molecule has 0 saturated carbocycles. The first-order valence-corrected chi connectivity index (χ1v) is 40.3. The molecule has 0 radical (unpaired) electrons. The first-order chi connectivity index (χ1) is 50.9. The van der Waals surface area contributed by atoms with Crippen molar-refractivity contribution >= 4 is 0 Å². The minimum absolute atomic E-state index is 0.0766. The first-order valence-electron chi connectivity index (χ1n) is 40.3. The second-order valence-corrected chi connectivity index (χ2v) is 40.7. The molecule has 0 saturated heterocycles. The van der Waals surface area contributed by atoms with Gasteiger partial charge in [-0.3, -0.25) is 0 Å². The van der Waals surface area contributed by atoms with Crippen LogP contribution in [0.5, 0.6) is 0 Å². The molecule has 0 N–H and O–H groups in total. The number of hydrogen-bond acceptors (Lipinski definition) is 0. The third-order valence-corrected chi connectivity index (χ3v) is 24.3. The van der Waals surface area contributed by atoms with Gasteiger partial charge in [-0.2, -0.15) is 0 Å². The molecule has 0 nitrogen and oxygen atoms in total. The zero-order valence-electron chi connectivity index (χ0n) is 70.9. The van der Waals surface area contributed by atoms with E-state index in [2.05, 4.69) is 447 Å². The Morgan fingerprint density at radius 2 is 0.358 bits per heavy atom. The zero-order valence-corrected chi connectivity index (χ0v) is 70.9. The van der Waals surface area contributed by atoms with Crippen LogP contribution in [0.2, 0.25) is 0 Å². The molecule has 0 aliphatic heterocycles. The Balaban J connectivity index is 0.000000131. The highest BCUT2D eigenvalue weighted by atomic mass is 14.5. The van der Waals surface area contributed by atoms with Crippen LogP contribution in [0, 0.1) is 0 Å². The summed E-state index contributed by atoms with van der Waals surface area (Å²) in [6.07, 6.45) is 0. The average molecular weight is 1430 g/mol. The van der Waals surface area contributed by atoms with E-state index >= 15 is 0 Å². The Kier molecular flexibility index (Phi) is 19.7. The van der Waals surface area contributed by atoms with Crippen LogP contribution >= 0.6 is 0 Å². The lowest BCUT2D eigenvalue weighted by atomic mass is 9.66. The summed E-state index contributed by atoms with van der Waals surface area (Å²) < 4.78 is 0. The molecular formula is C109H122. The van der Waals surface area contributed by atoms with Crippen LogP contribution in [0.3, 0.4) is 0 Å². The molecule has 0 amide bonds. The van der Waals surface area contributed by atoms with Gasteiger partial charge in [-0.05, 0) is 199 Å². The Morgan fingerprint density at radius 3 is 0.606 bits per heavy atom. The topological polar surface area (TPSA) is 0 Å². The molecule has 0 unspecified atom stereocenters. The van der Waals surface area contributed by atoms with Gasteiger partial charge in [0.25, 0.3) is 0 Å². The normalized spacial score (nSPS) is 14.7. The van der Waals surface area contributed by atoms with Gasteiger partial charge in [0, 0.05) is 5.41 Å². The summed E-state index contributed by atoms with van der Waals surface area (Å²) in [7, 11) is 0. The maximum Gasteiger partial charge on any atom is 0.0725 e. The minimum Gasteiger partial charge on any atom is -0.0622 e. The van der Waals surface area contributed by atoms with Crippen molar-refractivity contribution in [2.24, 2.45) is 0 Å². The fraction of sp³-hybridized carbons (Fsp3) is 0.339. The molecule has 0 aromatic heterocycles. The minimum atomic E-state index is -0.338. The van der Waals surface area contributed by atoms with Crippen molar-refractivity contribution in [3.63, 3.8) is 0 Å². The van der Waals surface area contributed by atoms with Gasteiger partial charge in [0.15, 0.2) is 0 Å². The van der Waals surface area contributed by atoms with Crippen LogP contribution in [0.1, 0.15) is 280 Å². The second-order valence-electron chi connectivity index (χ2n) is 40.7. The van der Waals surface area contributed by atoms with E-state index < -0.39 is 0 Å². The van der Waals surface area contributed by atoms with Crippen molar-refractivity contribution < 1.29 is 0 Å². The molecule has 109 heavy (non-hydrogen) atoms. The summed E-state index contributed by atoms with van der Waals surface area (Å²) in [4.78, 5) is 0. The van der Waals surface area contributed by atoms with Crippen molar-refractivity contribution in [1.29, 1.82) is 0 Å². The summed E-state index contributed by atoms with van der Waals surface area (Å²) in [5.41, 5.74) is 39.5. The maximum absolute atomic E-state index is 2.50. The highest BCUT2D eigenvalue weighted by molar-refractivity contribution is 5.96. The van der Waals surface area contributed by atoms with E-state index in [0.29, 0.717) is 0 Å². The monoisotopic (exact) mass is 1430 g/mol. The van der Waals surface area contributed by atoms with Crippen molar-refractivity contribution in [2.45, 2.75) is 240 Å². The average Bonchev–Trinajstić information content (AvgIpc) is 1.50. The van der Waals surface area contributed by atoms with Gasteiger partial charge >= 0.3 is 0 Å². The molecule has 558 valence electrons. The van der Waals surface area contributed by atoms with E-state index in [1.807, 2.05) is 0 Å². The van der Waals surface area contributed by atoms with Crippen LogP contribution in [0.4, 0.5) is 0 Å². The van der Waals surface area contributed by atoms with Gasteiger partial charge in [-0.15, -0.1) is 0 Å². The van der Waals surface area contributed by atoms with Gasteiger partial charge in [0.05, 0.1) is 10.8 Å². The van der Waals surface area contributed by atoms with Crippen molar-refractivity contribution in [3.05, 3.63) is 367 Å². The van der Waals surface area contributed by atoms with Crippen LogP contribution in [-0.2, 0) is 59.6 Å². The van der Waals surface area contributed by atoms with Gasteiger partial charge in [0.1, 0.15) is 0 Å². The first kappa shape index (κ1) is 77.8. The van der Waals surface area contributed by atoms with Crippen molar-refractivity contribution in [3.8, 4) is 55.6 Å². The Bertz CT molecular complexity index is 4890. The molecule has 0 heteroatoms. The fourth-order valence-corrected chi connectivity index (χ4v) is 17.5. The number of hydrogen-bond donors (Lipinski definition) is 0. The molecule has 0 atom stereocenters. The second kappa shape index (κ2) is 27.6. The lowest BCUT2D eigenvalue weighted by molar-refractivity contribution is 0.580. The molecule has 0 bridgehead atoms. The Labute approximate surface area is 658 Å². The van der Waals surface area contributed by atoms with Crippen LogP contribution < -0.4 is 0 Å². The van der Waals surface area contributed by atoms with Crippen LogP contribution in [0.25, 0.3) is 55.6 Å². The standard InChI is InChI=1S/C33H32.C33H34.C23H30.C20H26/c1-31(2,3)21-15-17-25-26-18-16-22(32(4,5)6)20-30(26)33(29(25)19-21)27-13-9-7-11-23(27)24-12-8-10-14-28(24)33;1-31(2,3)25-17-19-27-28-20-18-26(32(4,5)6)22-30(28)33(29(27)21-25,23-13-9-7-10-14-23)24-15-11-8-12-16-24;1-21(2,3)15-9-11-17-18-12-10-16(22(4,5)6)14-20(18)23(7,8)19(17)13-15;1-19(2,3)17-11-7-15(8-12-17)16-9-13-18(14-10-16)20(4,5)6/h7-20H,1-6H3;7-22H,1-6H3;9-14H,1-8H3;7-14H,1-6H3. The lowest BCUT2D eigenvalue weighted by Crippen LogP contribution is -2.29. The van der Waals surface area contributed by atoms with Crippen LogP contribution in [-0.4, -0.2) is 0 Å². The largest absolute Gasteiger partial charge is 0.0725 e. The fourth-order valence-electron chi connectivity index (χ4n) is 17.5.